The molecule has 2 saturated heterocycles. The lowest BCUT2D eigenvalue weighted by Crippen LogP contribution is -2.40. The number of fused-ring (bicyclic) bond motifs is 1. The molecule has 1 aliphatic carbocycles. The summed E-state index contributed by atoms with van der Waals surface area (Å²) in [6, 6.07) is 14.6. The molecule has 1 saturated carbocycles. The molecule has 3 fully saturated rings. The van der Waals surface area contributed by atoms with E-state index in [0.717, 1.165) is 89.1 Å². The monoisotopic (exact) mass is 536 g/mol. The molecule has 0 aromatic heterocycles. The van der Waals surface area contributed by atoms with Crippen LogP contribution in [0, 0.1) is 0 Å². The van der Waals surface area contributed by atoms with Crippen molar-refractivity contribution in [2.24, 2.45) is 4.99 Å². The van der Waals surface area contributed by atoms with E-state index in [0.29, 0.717) is 0 Å². The number of hydrogen-bond donors (Lipinski definition) is 0. The molecule has 3 aliphatic heterocycles. The molecule has 0 atom stereocenters. The molecule has 37 heavy (non-hydrogen) atoms. The van der Waals surface area contributed by atoms with Gasteiger partial charge in [-0.25, -0.2) is 4.99 Å². The third kappa shape index (κ3) is 4.84. The first-order valence-electron chi connectivity index (χ1n) is 13.0. The van der Waals surface area contributed by atoms with Crippen LogP contribution in [0.25, 0.3) is 0 Å². The number of hydrogen-bond acceptors (Lipinski definition) is 8. The normalized spacial score (nSPS) is 23.8. The van der Waals surface area contributed by atoms with Crippen molar-refractivity contribution in [1.29, 1.82) is 0 Å². The van der Waals surface area contributed by atoms with Crippen LogP contribution in [0.3, 0.4) is 0 Å². The quantitative estimate of drug-likeness (QED) is 0.455. The highest BCUT2D eigenvalue weighted by Gasteiger charge is 2.42. The van der Waals surface area contributed by atoms with Crippen molar-refractivity contribution in [3.63, 3.8) is 0 Å². The zero-order chi connectivity index (χ0) is 25.4. The van der Waals surface area contributed by atoms with E-state index in [2.05, 4.69) is 40.1 Å². The van der Waals surface area contributed by atoms with Gasteiger partial charge in [0.1, 0.15) is 10.7 Å². The maximum Gasteiger partial charge on any atom is 0.269 e. The van der Waals surface area contributed by atoms with Gasteiger partial charge >= 0.3 is 0 Å². The van der Waals surface area contributed by atoms with Crippen LogP contribution in [0.1, 0.15) is 32.1 Å². The van der Waals surface area contributed by atoms with E-state index >= 15 is 0 Å². The van der Waals surface area contributed by atoms with E-state index in [1.807, 2.05) is 24.1 Å². The van der Waals surface area contributed by atoms with Crippen LogP contribution < -0.4 is 14.5 Å². The number of rotatable bonds is 4. The smallest absolute Gasteiger partial charge is 0.269 e. The predicted octanol–water partition coefficient (Wildman–Crippen LogP) is 5.84. The van der Waals surface area contributed by atoms with Gasteiger partial charge in [0.25, 0.3) is 5.91 Å². The first-order valence-corrected chi connectivity index (χ1v) is 14.6. The van der Waals surface area contributed by atoms with E-state index in [4.69, 9.17) is 14.5 Å². The van der Waals surface area contributed by atoms with Gasteiger partial charge in [0.15, 0.2) is 5.17 Å². The Morgan fingerprint density at radius 1 is 1.00 bits per heavy atom. The molecule has 194 valence electrons. The lowest BCUT2D eigenvalue weighted by Gasteiger charge is -2.30. The highest BCUT2D eigenvalue weighted by atomic mass is 32.2. The summed E-state index contributed by atoms with van der Waals surface area (Å²) in [6.45, 7) is 3.34. The van der Waals surface area contributed by atoms with Gasteiger partial charge in [-0.15, -0.1) is 0 Å². The number of ether oxygens (including phenoxy) is 2. The lowest BCUT2D eigenvalue weighted by molar-refractivity contribution is -0.124. The minimum atomic E-state index is 0.0784. The molecular formula is C28H32N4O3S2. The Hall–Kier alpha value is -2.62. The zero-order valence-corrected chi connectivity index (χ0v) is 22.9. The summed E-state index contributed by atoms with van der Waals surface area (Å²) in [5.74, 6) is 0.893. The van der Waals surface area contributed by atoms with Crippen LogP contribution in [-0.2, 0) is 9.53 Å². The molecule has 4 aliphatic rings. The Bertz CT molecular complexity index is 1230. The summed E-state index contributed by atoms with van der Waals surface area (Å²) in [4.78, 5) is 27.3. The summed E-state index contributed by atoms with van der Waals surface area (Å²) in [5.41, 5.74) is 3.12. The molecule has 3 heterocycles. The number of methoxy groups -OCH3 is 1. The van der Waals surface area contributed by atoms with Gasteiger partial charge in [-0.2, -0.15) is 0 Å². The molecule has 0 unspecified atom stereocenters. The van der Waals surface area contributed by atoms with Crippen molar-refractivity contribution in [3.8, 4) is 5.75 Å². The first kappa shape index (κ1) is 24.7. The van der Waals surface area contributed by atoms with Crippen LogP contribution in [0.15, 0.2) is 62.3 Å². The average molecular weight is 537 g/mol. The van der Waals surface area contributed by atoms with Crippen molar-refractivity contribution in [2.45, 2.75) is 43.0 Å². The number of thioether (sulfide) groups is 2. The minimum Gasteiger partial charge on any atom is -0.497 e. The molecule has 9 heteroatoms. The van der Waals surface area contributed by atoms with E-state index in [-0.39, 0.29) is 11.9 Å². The first-order chi connectivity index (χ1) is 18.1. The summed E-state index contributed by atoms with van der Waals surface area (Å²) in [7, 11) is 3.71. The van der Waals surface area contributed by atoms with Crippen LogP contribution >= 0.6 is 23.5 Å². The van der Waals surface area contributed by atoms with Gasteiger partial charge in [0.05, 0.1) is 36.7 Å². The molecule has 1 amide bonds. The standard InChI is InChI=1S/C28H32N4O3S2/c1-30-23-18-22(34-2)12-13-24(23)36-27(30)25-26(33)32(21-6-4-3-5-7-21)28(37-25)29-19-8-10-20(11-9-19)31-14-16-35-17-15-31/h8-13,18,21H,3-7,14-17H2,1-2H3. The average Bonchev–Trinajstić information content (AvgIpc) is 3.45. The number of nitrogens with zero attached hydrogens (tertiary/aromatic N) is 4. The fourth-order valence-electron chi connectivity index (χ4n) is 5.38. The number of benzene rings is 2. The number of carbonyl (C=O) groups is 1. The van der Waals surface area contributed by atoms with Crippen molar-refractivity contribution >= 4 is 51.7 Å². The maximum atomic E-state index is 14.0. The Morgan fingerprint density at radius 3 is 2.49 bits per heavy atom. The van der Waals surface area contributed by atoms with Gasteiger partial charge < -0.3 is 19.3 Å². The molecule has 0 spiro atoms. The van der Waals surface area contributed by atoms with Crippen molar-refractivity contribution in [3.05, 3.63) is 52.4 Å². The van der Waals surface area contributed by atoms with E-state index in [1.165, 1.54) is 23.9 Å². The third-order valence-corrected chi connectivity index (χ3v) is 9.84. The fourth-order valence-corrected chi connectivity index (χ4v) is 7.76. The van der Waals surface area contributed by atoms with E-state index in [9.17, 15) is 4.79 Å². The Morgan fingerprint density at radius 2 is 1.76 bits per heavy atom. The second-order valence-electron chi connectivity index (χ2n) is 9.71. The fraction of sp³-hybridized carbons (Fsp3) is 0.429. The van der Waals surface area contributed by atoms with Gasteiger partial charge in [-0.05, 0) is 61.0 Å². The molecule has 0 radical (unpaired) electrons. The summed E-state index contributed by atoms with van der Waals surface area (Å²) in [5, 5.41) is 1.76. The van der Waals surface area contributed by atoms with E-state index in [1.54, 1.807) is 18.9 Å². The number of amidine groups is 1. The molecule has 2 aromatic rings. The molecule has 7 nitrogen and oxygen atoms in total. The van der Waals surface area contributed by atoms with Crippen molar-refractivity contribution in [1.82, 2.24) is 4.90 Å². The highest BCUT2D eigenvalue weighted by Crippen LogP contribution is 2.51. The van der Waals surface area contributed by atoms with Gasteiger partial charge in [-0.1, -0.05) is 31.0 Å². The lowest BCUT2D eigenvalue weighted by atomic mass is 9.94. The summed E-state index contributed by atoms with van der Waals surface area (Å²) >= 11 is 3.16. The third-order valence-electron chi connectivity index (χ3n) is 7.44. The maximum absolute atomic E-state index is 14.0. The molecular weight excluding hydrogens is 504 g/mol. The molecule has 2 aromatic carbocycles. The zero-order valence-electron chi connectivity index (χ0n) is 21.3. The van der Waals surface area contributed by atoms with Crippen LogP contribution in [0.2, 0.25) is 0 Å². The van der Waals surface area contributed by atoms with Gasteiger partial charge in [0.2, 0.25) is 0 Å². The van der Waals surface area contributed by atoms with Gasteiger partial charge in [-0.3, -0.25) is 9.69 Å². The van der Waals surface area contributed by atoms with Crippen LogP contribution in [0.5, 0.6) is 5.75 Å². The predicted molar refractivity (Wildman–Crippen MR) is 152 cm³/mol. The summed E-state index contributed by atoms with van der Waals surface area (Å²) in [6.07, 6.45) is 5.62. The molecule has 6 rings (SSSR count). The second-order valence-corrected chi connectivity index (χ2v) is 11.7. The van der Waals surface area contributed by atoms with E-state index < -0.39 is 0 Å². The Labute approximate surface area is 226 Å². The number of amides is 1. The SMILES string of the molecule is COc1ccc2c(c1)N(C)C(=C1SC(=Nc3ccc(N4CCOCC4)cc3)N(C3CCCCC3)C1=O)S2. The second kappa shape index (κ2) is 10.6. The van der Waals surface area contributed by atoms with Crippen LogP contribution in [-0.4, -0.2) is 62.5 Å². The number of morpholine rings is 1. The molecule has 0 bridgehead atoms. The molecule has 0 N–H and O–H groups in total. The largest absolute Gasteiger partial charge is 0.497 e. The number of aliphatic imine (C=N–C) groups is 1. The highest BCUT2D eigenvalue weighted by molar-refractivity contribution is 8.19. The minimum absolute atomic E-state index is 0.0784. The van der Waals surface area contributed by atoms with Crippen molar-refractivity contribution in [2.75, 3.05) is 50.3 Å². The van der Waals surface area contributed by atoms with Crippen molar-refractivity contribution < 1.29 is 14.3 Å². The van der Waals surface area contributed by atoms with Gasteiger partial charge in [0, 0.05) is 42.8 Å². The topological polar surface area (TPSA) is 57.6 Å². The Balaban J connectivity index is 1.32. The Kier molecular flexibility index (Phi) is 7.10. The number of carbonyl (C=O) groups excluding carboxylic acids is 1. The number of anilines is 2. The van der Waals surface area contributed by atoms with Crippen LogP contribution in [0.4, 0.5) is 17.1 Å². The summed E-state index contributed by atoms with van der Waals surface area (Å²) < 4.78 is 10.9.